The number of hydrogen-bond donors (Lipinski definition) is 1. The molecule has 0 aliphatic heterocycles. The van der Waals surface area contributed by atoms with Crippen molar-refractivity contribution in [3.63, 3.8) is 0 Å². The van der Waals surface area contributed by atoms with Crippen LogP contribution in [0.5, 0.6) is 5.75 Å². The third-order valence-electron chi connectivity index (χ3n) is 5.54. The molecule has 3 nitrogen and oxygen atoms in total. The minimum Gasteiger partial charge on any atom is -0.486 e. The van der Waals surface area contributed by atoms with Gasteiger partial charge in [-0.1, -0.05) is 55.5 Å². The molecule has 0 aromatic heterocycles. The monoisotopic (exact) mass is 420 g/mol. The summed E-state index contributed by atoms with van der Waals surface area (Å²) >= 11 is 0. The Kier molecular flexibility index (Phi) is 8.92. The van der Waals surface area contributed by atoms with Crippen LogP contribution in [0.25, 0.3) is 0 Å². The van der Waals surface area contributed by atoms with E-state index in [1.807, 2.05) is 48.5 Å². The molecule has 0 amide bonds. The number of benzene rings is 3. The van der Waals surface area contributed by atoms with Crippen molar-refractivity contribution in [2.45, 2.75) is 39.2 Å². The van der Waals surface area contributed by atoms with Gasteiger partial charge < -0.3 is 15.4 Å². The molecule has 0 aliphatic rings. The van der Waals surface area contributed by atoms with Crippen LogP contribution in [-0.2, 0) is 19.4 Å². The Balaban J connectivity index is 1.39. The SMILES string of the molecule is CCN(CCCc1ccc(N)cc1)CCCc1ccc(OCc2ccccc2)c(F)c1. The summed E-state index contributed by atoms with van der Waals surface area (Å²) in [5.41, 5.74) is 9.93. The molecule has 0 radical (unpaired) electrons. The van der Waals surface area contributed by atoms with Crippen LogP contribution in [0, 0.1) is 5.82 Å². The largest absolute Gasteiger partial charge is 0.486 e. The molecule has 0 spiro atoms. The van der Waals surface area contributed by atoms with Gasteiger partial charge in [0.2, 0.25) is 0 Å². The van der Waals surface area contributed by atoms with E-state index in [0.29, 0.717) is 12.4 Å². The van der Waals surface area contributed by atoms with Crippen LogP contribution in [0.1, 0.15) is 36.5 Å². The number of rotatable bonds is 12. The number of anilines is 1. The highest BCUT2D eigenvalue weighted by atomic mass is 19.1. The number of aryl methyl sites for hydroxylation is 2. The quantitative estimate of drug-likeness (QED) is 0.372. The summed E-state index contributed by atoms with van der Waals surface area (Å²) in [6, 6.07) is 23.3. The lowest BCUT2D eigenvalue weighted by Crippen LogP contribution is -2.26. The van der Waals surface area contributed by atoms with Gasteiger partial charge in [0, 0.05) is 5.69 Å². The Morgan fingerprint density at radius 2 is 1.45 bits per heavy atom. The lowest BCUT2D eigenvalue weighted by Gasteiger charge is -2.20. The highest BCUT2D eigenvalue weighted by Gasteiger charge is 2.07. The summed E-state index contributed by atoms with van der Waals surface area (Å²) in [6.45, 7) is 5.69. The van der Waals surface area contributed by atoms with Crippen LogP contribution in [0.15, 0.2) is 72.8 Å². The van der Waals surface area contributed by atoms with E-state index in [2.05, 4.69) is 24.0 Å². The van der Waals surface area contributed by atoms with Crippen LogP contribution in [0.4, 0.5) is 10.1 Å². The molecule has 3 rings (SSSR count). The maximum Gasteiger partial charge on any atom is 0.165 e. The third kappa shape index (κ3) is 7.72. The Morgan fingerprint density at radius 1 is 0.806 bits per heavy atom. The van der Waals surface area contributed by atoms with Gasteiger partial charge in [-0.2, -0.15) is 0 Å². The molecular formula is C27H33FN2O. The fourth-order valence-corrected chi connectivity index (χ4v) is 3.68. The molecule has 3 aromatic rings. The average Bonchev–Trinajstić information content (AvgIpc) is 2.79. The normalized spacial score (nSPS) is 11.1. The predicted octanol–water partition coefficient (Wildman–Crippen LogP) is 5.87. The Hall–Kier alpha value is -2.85. The van der Waals surface area contributed by atoms with Gasteiger partial charge in [0.25, 0.3) is 0 Å². The summed E-state index contributed by atoms with van der Waals surface area (Å²) in [5, 5.41) is 0. The minimum absolute atomic E-state index is 0.288. The first-order chi connectivity index (χ1) is 15.1. The molecule has 164 valence electrons. The van der Waals surface area contributed by atoms with Crippen molar-refractivity contribution in [1.29, 1.82) is 0 Å². The van der Waals surface area contributed by atoms with E-state index in [1.54, 1.807) is 12.1 Å². The van der Waals surface area contributed by atoms with Crippen molar-refractivity contribution in [2.24, 2.45) is 0 Å². The van der Waals surface area contributed by atoms with Gasteiger partial charge in [0.05, 0.1) is 0 Å². The van der Waals surface area contributed by atoms with Crippen LogP contribution in [0.3, 0.4) is 0 Å². The lowest BCUT2D eigenvalue weighted by atomic mass is 10.1. The fourth-order valence-electron chi connectivity index (χ4n) is 3.68. The Bertz CT molecular complexity index is 912. The Morgan fingerprint density at radius 3 is 2.10 bits per heavy atom. The summed E-state index contributed by atoms with van der Waals surface area (Å²) in [5.74, 6) is 0.0229. The topological polar surface area (TPSA) is 38.5 Å². The van der Waals surface area contributed by atoms with E-state index in [4.69, 9.17) is 10.5 Å². The van der Waals surface area contributed by atoms with Crippen LogP contribution in [0.2, 0.25) is 0 Å². The van der Waals surface area contributed by atoms with Crippen molar-refractivity contribution >= 4 is 5.69 Å². The van der Waals surface area contributed by atoms with E-state index in [0.717, 1.165) is 62.1 Å². The van der Waals surface area contributed by atoms with Crippen LogP contribution in [-0.4, -0.2) is 24.5 Å². The van der Waals surface area contributed by atoms with Gasteiger partial charge in [0.1, 0.15) is 6.61 Å². The first-order valence-electron chi connectivity index (χ1n) is 11.2. The second-order valence-corrected chi connectivity index (χ2v) is 7.92. The van der Waals surface area contributed by atoms with Gasteiger partial charge in [-0.15, -0.1) is 0 Å². The zero-order valence-corrected chi connectivity index (χ0v) is 18.4. The van der Waals surface area contributed by atoms with E-state index >= 15 is 0 Å². The van der Waals surface area contributed by atoms with Crippen molar-refractivity contribution in [1.82, 2.24) is 4.90 Å². The smallest absolute Gasteiger partial charge is 0.165 e. The van der Waals surface area contributed by atoms with Gasteiger partial charge in [-0.25, -0.2) is 4.39 Å². The maximum absolute atomic E-state index is 14.4. The molecule has 0 unspecified atom stereocenters. The average molecular weight is 421 g/mol. The fraction of sp³-hybridized carbons (Fsp3) is 0.333. The van der Waals surface area contributed by atoms with E-state index in [1.165, 1.54) is 5.56 Å². The molecule has 0 heterocycles. The van der Waals surface area contributed by atoms with Gasteiger partial charge in [-0.3, -0.25) is 0 Å². The molecule has 2 N–H and O–H groups in total. The van der Waals surface area contributed by atoms with Crippen molar-refractivity contribution in [3.05, 3.63) is 95.3 Å². The predicted molar refractivity (Wildman–Crippen MR) is 127 cm³/mol. The molecule has 0 bridgehead atoms. The second kappa shape index (κ2) is 12.1. The number of hydrogen-bond acceptors (Lipinski definition) is 3. The number of nitrogen functional groups attached to an aromatic ring is 1. The summed E-state index contributed by atoms with van der Waals surface area (Å²) in [7, 11) is 0. The van der Waals surface area contributed by atoms with Gasteiger partial charge >= 0.3 is 0 Å². The molecule has 3 aromatic carbocycles. The molecule has 0 atom stereocenters. The van der Waals surface area contributed by atoms with E-state index in [-0.39, 0.29) is 5.82 Å². The Labute approximate surface area is 185 Å². The molecule has 0 saturated heterocycles. The molecular weight excluding hydrogens is 387 g/mol. The summed E-state index contributed by atoms with van der Waals surface area (Å²) in [4.78, 5) is 2.46. The summed E-state index contributed by atoms with van der Waals surface area (Å²) < 4.78 is 20.0. The van der Waals surface area contributed by atoms with Crippen molar-refractivity contribution in [2.75, 3.05) is 25.4 Å². The number of ether oxygens (including phenoxy) is 1. The number of nitrogens with two attached hydrogens (primary N) is 1. The van der Waals surface area contributed by atoms with E-state index in [9.17, 15) is 4.39 Å². The first kappa shape index (κ1) is 22.8. The highest BCUT2D eigenvalue weighted by Crippen LogP contribution is 2.20. The molecule has 0 aliphatic carbocycles. The first-order valence-corrected chi connectivity index (χ1v) is 11.2. The molecule has 0 saturated carbocycles. The zero-order chi connectivity index (χ0) is 21.9. The number of halogens is 1. The van der Waals surface area contributed by atoms with Crippen molar-refractivity contribution in [3.8, 4) is 5.75 Å². The zero-order valence-electron chi connectivity index (χ0n) is 18.4. The molecule has 31 heavy (non-hydrogen) atoms. The van der Waals surface area contributed by atoms with Gasteiger partial charge in [-0.05, 0) is 86.3 Å². The third-order valence-corrected chi connectivity index (χ3v) is 5.54. The molecule has 4 heteroatoms. The van der Waals surface area contributed by atoms with Gasteiger partial charge in [0.15, 0.2) is 11.6 Å². The van der Waals surface area contributed by atoms with Crippen LogP contribution < -0.4 is 10.5 Å². The summed E-state index contributed by atoms with van der Waals surface area (Å²) in [6.07, 6.45) is 4.07. The molecule has 0 fully saturated rings. The van der Waals surface area contributed by atoms with E-state index < -0.39 is 0 Å². The minimum atomic E-state index is -0.288. The lowest BCUT2D eigenvalue weighted by molar-refractivity contribution is 0.280. The standard InChI is InChI=1S/C27H33FN2O/c1-2-30(18-6-10-22-12-15-25(29)16-13-22)19-7-11-23-14-17-27(26(28)20-23)31-21-24-8-4-3-5-9-24/h3-5,8-9,12-17,20H,2,6-7,10-11,18-19,21,29H2,1H3. The second-order valence-electron chi connectivity index (χ2n) is 7.92. The van der Waals surface area contributed by atoms with Crippen molar-refractivity contribution < 1.29 is 9.13 Å². The highest BCUT2D eigenvalue weighted by molar-refractivity contribution is 5.39. The number of nitrogens with zero attached hydrogens (tertiary/aromatic N) is 1. The van der Waals surface area contributed by atoms with Crippen LogP contribution >= 0.6 is 0 Å². The maximum atomic E-state index is 14.4.